The van der Waals surface area contributed by atoms with Gasteiger partial charge in [0.2, 0.25) is 0 Å². The Morgan fingerprint density at radius 2 is 2.00 bits per heavy atom. The van der Waals surface area contributed by atoms with Crippen LogP contribution in [-0.4, -0.2) is 10.8 Å². The molecular formula is C19H25NO. The number of Topliss-reactive ketones (excluding diaryl/α,β-unsaturated/α-hetero) is 1. The van der Waals surface area contributed by atoms with Gasteiger partial charge in [-0.05, 0) is 43.7 Å². The van der Waals surface area contributed by atoms with Crippen LogP contribution in [0.4, 0.5) is 0 Å². The summed E-state index contributed by atoms with van der Waals surface area (Å²) in [5.74, 6) is 0.934. The number of aromatic nitrogens is 1. The topological polar surface area (TPSA) is 32.9 Å². The van der Waals surface area contributed by atoms with Gasteiger partial charge in [0, 0.05) is 28.1 Å². The average Bonchev–Trinajstić information content (AvgIpc) is 3.04. The number of rotatable bonds is 4. The molecule has 0 radical (unpaired) electrons. The molecular weight excluding hydrogens is 258 g/mol. The number of fused-ring (bicyclic) bond motifs is 1. The Kier molecular flexibility index (Phi) is 3.64. The fourth-order valence-electron chi connectivity index (χ4n) is 4.07. The molecule has 0 bridgehead atoms. The highest BCUT2D eigenvalue weighted by Gasteiger charge is 2.42. The molecule has 1 aromatic carbocycles. The molecule has 1 saturated carbocycles. The summed E-state index contributed by atoms with van der Waals surface area (Å²) in [5.41, 5.74) is 3.08. The number of hydrogen-bond donors (Lipinski definition) is 1. The molecule has 2 aromatic rings. The molecule has 1 aliphatic rings. The van der Waals surface area contributed by atoms with Gasteiger partial charge < -0.3 is 4.98 Å². The zero-order valence-corrected chi connectivity index (χ0v) is 13.3. The van der Waals surface area contributed by atoms with E-state index in [1.54, 1.807) is 0 Å². The van der Waals surface area contributed by atoms with Crippen LogP contribution in [0.25, 0.3) is 10.9 Å². The second kappa shape index (κ2) is 5.32. The molecule has 0 amide bonds. The molecule has 0 atom stereocenters. The highest BCUT2D eigenvalue weighted by atomic mass is 16.1. The first-order chi connectivity index (χ1) is 10.0. The van der Waals surface area contributed by atoms with E-state index in [0.717, 1.165) is 35.7 Å². The van der Waals surface area contributed by atoms with Crippen molar-refractivity contribution in [1.82, 2.24) is 4.98 Å². The minimum absolute atomic E-state index is 0.117. The molecule has 1 aromatic heterocycles. The zero-order valence-electron chi connectivity index (χ0n) is 13.3. The van der Waals surface area contributed by atoms with Gasteiger partial charge in [-0.2, -0.15) is 0 Å². The van der Waals surface area contributed by atoms with Crippen LogP contribution in [-0.2, 0) is 0 Å². The number of carbonyl (C=O) groups excluding carboxylic acids is 1. The first kappa shape index (κ1) is 14.4. The van der Waals surface area contributed by atoms with Gasteiger partial charge in [-0.15, -0.1) is 0 Å². The molecule has 1 heterocycles. The van der Waals surface area contributed by atoms with Crippen LogP contribution in [0.1, 0.15) is 61.9 Å². The van der Waals surface area contributed by atoms with Gasteiger partial charge in [0.15, 0.2) is 5.78 Å². The summed E-state index contributed by atoms with van der Waals surface area (Å²) in [6.07, 6.45) is 7.45. The van der Waals surface area contributed by atoms with Crippen LogP contribution >= 0.6 is 0 Å². The van der Waals surface area contributed by atoms with Gasteiger partial charge in [0.25, 0.3) is 0 Å². The van der Waals surface area contributed by atoms with Crippen molar-refractivity contribution in [2.24, 2.45) is 11.3 Å². The van der Waals surface area contributed by atoms with Crippen molar-refractivity contribution in [2.45, 2.75) is 52.9 Å². The number of aryl methyl sites for hydroxylation is 1. The van der Waals surface area contributed by atoms with E-state index in [-0.39, 0.29) is 5.41 Å². The highest BCUT2D eigenvalue weighted by molar-refractivity contribution is 6.10. The van der Waals surface area contributed by atoms with Gasteiger partial charge >= 0.3 is 0 Å². The summed E-state index contributed by atoms with van der Waals surface area (Å²) in [7, 11) is 0. The molecule has 0 aliphatic heterocycles. The number of aromatic amines is 1. The summed E-state index contributed by atoms with van der Waals surface area (Å²) < 4.78 is 0. The molecule has 21 heavy (non-hydrogen) atoms. The minimum atomic E-state index is -0.117. The lowest BCUT2D eigenvalue weighted by Gasteiger charge is -2.29. The predicted molar refractivity (Wildman–Crippen MR) is 87.7 cm³/mol. The zero-order chi connectivity index (χ0) is 15.0. The Hall–Kier alpha value is -1.57. The average molecular weight is 283 g/mol. The molecule has 0 spiro atoms. The third-order valence-electron chi connectivity index (χ3n) is 4.92. The van der Waals surface area contributed by atoms with Gasteiger partial charge in [-0.3, -0.25) is 4.79 Å². The number of nitrogens with one attached hydrogen (secondary N) is 1. The SMILES string of the molecule is Cc1ccc2c(C(=O)C3(CC(C)C)CCCC3)c[nH]c2c1. The van der Waals surface area contributed by atoms with Crippen molar-refractivity contribution in [3.8, 4) is 0 Å². The molecule has 0 unspecified atom stereocenters. The second-order valence-corrected chi connectivity index (χ2v) is 7.17. The molecule has 2 heteroatoms. The largest absolute Gasteiger partial charge is 0.360 e. The molecule has 112 valence electrons. The smallest absolute Gasteiger partial charge is 0.171 e. The van der Waals surface area contributed by atoms with E-state index in [0.29, 0.717) is 11.7 Å². The lowest BCUT2D eigenvalue weighted by molar-refractivity contribution is 0.0762. The second-order valence-electron chi connectivity index (χ2n) is 7.17. The van der Waals surface area contributed by atoms with Crippen molar-refractivity contribution < 1.29 is 4.79 Å². The standard InChI is InChI=1S/C19H25NO/c1-13(2)11-19(8-4-5-9-19)18(21)16-12-20-17-10-14(3)6-7-15(16)17/h6-7,10,12-13,20H,4-5,8-9,11H2,1-3H3. The molecule has 0 saturated heterocycles. The van der Waals surface area contributed by atoms with E-state index in [2.05, 4.69) is 44.0 Å². The van der Waals surface area contributed by atoms with Crippen molar-refractivity contribution in [1.29, 1.82) is 0 Å². The Balaban J connectivity index is 2.02. The van der Waals surface area contributed by atoms with Gasteiger partial charge in [-0.25, -0.2) is 0 Å². The van der Waals surface area contributed by atoms with E-state index >= 15 is 0 Å². The fraction of sp³-hybridized carbons (Fsp3) is 0.526. The van der Waals surface area contributed by atoms with Crippen LogP contribution < -0.4 is 0 Å². The number of hydrogen-bond acceptors (Lipinski definition) is 1. The number of carbonyl (C=O) groups is 1. The van der Waals surface area contributed by atoms with Crippen molar-refractivity contribution in [3.63, 3.8) is 0 Å². The third kappa shape index (κ3) is 2.52. The van der Waals surface area contributed by atoms with E-state index in [1.807, 2.05) is 6.20 Å². The fourth-order valence-corrected chi connectivity index (χ4v) is 4.07. The van der Waals surface area contributed by atoms with Crippen LogP contribution in [0.2, 0.25) is 0 Å². The van der Waals surface area contributed by atoms with Crippen molar-refractivity contribution in [2.75, 3.05) is 0 Å². The lowest BCUT2D eigenvalue weighted by atomic mass is 9.73. The lowest BCUT2D eigenvalue weighted by Crippen LogP contribution is -2.29. The predicted octanol–water partition coefficient (Wildman–Crippen LogP) is 5.27. The summed E-state index contributed by atoms with van der Waals surface area (Å²) in [5, 5.41) is 1.08. The van der Waals surface area contributed by atoms with Crippen LogP contribution in [0, 0.1) is 18.3 Å². The maximum Gasteiger partial charge on any atom is 0.171 e. The Morgan fingerprint density at radius 3 is 2.67 bits per heavy atom. The first-order valence-electron chi connectivity index (χ1n) is 8.14. The summed E-state index contributed by atoms with van der Waals surface area (Å²) in [4.78, 5) is 16.5. The first-order valence-corrected chi connectivity index (χ1v) is 8.14. The monoisotopic (exact) mass is 283 g/mol. The summed E-state index contributed by atoms with van der Waals surface area (Å²) >= 11 is 0. The summed E-state index contributed by atoms with van der Waals surface area (Å²) in [6.45, 7) is 6.54. The maximum atomic E-state index is 13.2. The highest BCUT2D eigenvalue weighted by Crippen LogP contribution is 2.46. The van der Waals surface area contributed by atoms with Crippen LogP contribution in [0.15, 0.2) is 24.4 Å². The van der Waals surface area contributed by atoms with E-state index in [4.69, 9.17) is 0 Å². The van der Waals surface area contributed by atoms with Gasteiger partial charge in [0.1, 0.15) is 0 Å². The maximum absolute atomic E-state index is 13.2. The van der Waals surface area contributed by atoms with Gasteiger partial charge in [-0.1, -0.05) is 38.8 Å². The normalized spacial score (nSPS) is 17.7. The quantitative estimate of drug-likeness (QED) is 0.762. The van der Waals surface area contributed by atoms with E-state index in [9.17, 15) is 4.79 Å². The minimum Gasteiger partial charge on any atom is -0.360 e. The van der Waals surface area contributed by atoms with Gasteiger partial charge in [0.05, 0.1) is 0 Å². The molecule has 3 rings (SSSR count). The molecule has 1 aliphatic carbocycles. The van der Waals surface area contributed by atoms with E-state index in [1.165, 1.54) is 18.4 Å². The van der Waals surface area contributed by atoms with Crippen molar-refractivity contribution >= 4 is 16.7 Å². The third-order valence-corrected chi connectivity index (χ3v) is 4.92. The molecule has 1 fully saturated rings. The van der Waals surface area contributed by atoms with Crippen LogP contribution in [0.3, 0.4) is 0 Å². The van der Waals surface area contributed by atoms with Crippen LogP contribution in [0.5, 0.6) is 0 Å². The number of ketones is 1. The summed E-state index contributed by atoms with van der Waals surface area (Å²) in [6, 6.07) is 6.30. The number of H-pyrrole nitrogens is 1. The Labute approximate surface area is 126 Å². The van der Waals surface area contributed by atoms with E-state index < -0.39 is 0 Å². The number of benzene rings is 1. The van der Waals surface area contributed by atoms with Crippen molar-refractivity contribution in [3.05, 3.63) is 35.5 Å². The molecule has 2 nitrogen and oxygen atoms in total. The Bertz CT molecular complexity index is 659. The Morgan fingerprint density at radius 1 is 1.29 bits per heavy atom. The molecule has 1 N–H and O–H groups in total.